The lowest BCUT2D eigenvalue weighted by atomic mass is 10.1. The first-order chi connectivity index (χ1) is 15.4. The molecule has 0 atom stereocenters. The maximum absolute atomic E-state index is 12.7. The molecule has 0 saturated carbocycles. The Morgan fingerprint density at radius 1 is 0.875 bits per heavy atom. The number of nitrogens with one attached hydrogen (secondary N) is 3. The third-order valence-corrected chi connectivity index (χ3v) is 5.31. The van der Waals surface area contributed by atoms with Crippen LogP contribution in [-0.2, 0) is 4.79 Å². The van der Waals surface area contributed by atoms with Gasteiger partial charge in [-0.05, 0) is 69.2 Å². The second-order valence-corrected chi connectivity index (χ2v) is 8.39. The summed E-state index contributed by atoms with van der Waals surface area (Å²) >= 11 is 0. The molecule has 2 aromatic carbocycles. The first-order valence-electron chi connectivity index (χ1n) is 11.3. The van der Waals surface area contributed by atoms with Crippen molar-refractivity contribution in [2.75, 3.05) is 30.3 Å². The van der Waals surface area contributed by atoms with Crippen molar-refractivity contribution >= 4 is 29.1 Å². The number of carbonyl (C=O) groups is 3. The molecule has 7 nitrogen and oxygen atoms in total. The van der Waals surface area contributed by atoms with Crippen molar-refractivity contribution in [3.63, 3.8) is 0 Å². The van der Waals surface area contributed by atoms with E-state index < -0.39 is 0 Å². The molecule has 0 bridgehead atoms. The summed E-state index contributed by atoms with van der Waals surface area (Å²) < 4.78 is 0. The summed E-state index contributed by atoms with van der Waals surface area (Å²) in [5, 5.41) is 8.71. The predicted octanol–water partition coefficient (Wildman–Crippen LogP) is 3.89. The van der Waals surface area contributed by atoms with Crippen LogP contribution >= 0.6 is 0 Å². The van der Waals surface area contributed by atoms with Gasteiger partial charge in [0.2, 0.25) is 5.91 Å². The molecule has 0 spiro atoms. The molecule has 2 aromatic rings. The van der Waals surface area contributed by atoms with E-state index in [4.69, 9.17) is 0 Å². The SMILES string of the molecule is CC(C)NC(=O)c1cccc(NCC(=O)Nc2ccc(C(=O)N3CCCCCC3)cc2)c1. The molecule has 0 aromatic heterocycles. The highest BCUT2D eigenvalue weighted by Gasteiger charge is 2.17. The number of amides is 3. The molecule has 0 aliphatic carbocycles. The standard InChI is InChI=1S/C25H32N4O3/c1-18(2)27-24(31)20-8-7-9-22(16-20)26-17-23(30)28-21-12-10-19(11-13-21)25(32)29-14-5-3-4-6-15-29/h7-13,16,18,26H,3-6,14-15,17H2,1-2H3,(H,27,31)(H,28,30). The molecular weight excluding hydrogens is 404 g/mol. The maximum Gasteiger partial charge on any atom is 0.253 e. The van der Waals surface area contributed by atoms with Crippen molar-refractivity contribution in [3.05, 3.63) is 59.7 Å². The van der Waals surface area contributed by atoms with Crippen LogP contribution in [0.3, 0.4) is 0 Å². The summed E-state index contributed by atoms with van der Waals surface area (Å²) in [5.41, 5.74) is 2.50. The Labute approximate surface area is 189 Å². The second-order valence-electron chi connectivity index (χ2n) is 8.39. The van der Waals surface area contributed by atoms with Crippen LogP contribution in [0.2, 0.25) is 0 Å². The van der Waals surface area contributed by atoms with E-state index >= 15 is 0 Å². The van der Waals surface area contributed by atoms with Gasteiger partial charge in [0.25, 0.3) is 11.8 Å². The molecule has 1 aliphatic heterocycles. The van der Waals surface area contributed by atoms with E-state index in [1.807, 2.05) is 24.8 Å². The zero-order valence-electron chi connectivity index (χ0n) is 18.8. The molecular formula is C25H32N4O3. The van der Waals surface area contributed by atoms with Crippen LogP contribution in [0.25, 0.3) is 0 Å². The Balaban J connectivity index is 1.51. The van der Waals surface area contributed by atoms with Crippen molar-refractivity contribution < 1.29 is 14.4 Å². The Kier molecular flexibility index (Phi) is 8.25. The van der Waals surface area contributed by atoms with Crippen LogP contribution in [0.1, 0.15) is 60.2 Å². The van der Waals surface area contributed by atoms with E-state index in [0.717, 1.165) is 25.9 Å². The number of likely N-dealkylation sites (tertiary alicyclic amines) is 1. The fourth-order valence-corrected chi connectivity index (χ4v) is 3.66. The third-order valence-electron chi connectivity index (χ3n) is 5.31. The molecule has 0 radical (unpaired) electrons. The summed E-state index contributed by atoms with van der Waals surface area (Å²) in [4.78, 5) is 39.1. The lowest BCUT2D eigenvalue weighted by Crippen LogP contribution is -2.31. The lowest BCUT2D eigenvalue weighted by Gasteiger charge is -2.20. The molecule has 170 valence electrons. The van der Waals surface area contributed by atoms with Crippen molar-refractivity contribution in [2.24, 2.45) is 0 Å². The van der Waals surface area contributed by atoms with Gasteiger partial charge in [-0.3, -0.25) is 14.4 Å². The van der Waals surface area contributed by atoms with Gasteiger partial charge in [0.1, 0.15) is 0 Å². The average molecular weight is 437 g/mol. The first-order valence-corrected chi connectivity index (χ1v) is 11.3. The highest BCUT2D eigenvalue weighted by atomic mass is 16.2. The molecule has 1 saturated heterocycles. The third kappa shape index (κ3) is 6.83. The Bertz CT molecular complexity index is 932. The highest BCUT2D eigenvalue weighted by Crippen LogP contribution is 2.16. The van der Waals surface area contributed by atoms with Crippen molar-refractivity contribution in [2.45, 2.75) is 45.6 Å². The van der Waals surface area contributed by atoms with Crippen LogP contribution in [0.4, 0.5) is 11.4 Å². The van der Waals surface area contributed by atoms with Gasteiger partial charge in [-0.1, -0.05) is 18.9 Å². The number of nitrogens with zero attached hydrogens (tertiary/aromatic N) is 1. The van der Waals surface area contributed by atoms with Crippen molar-refractivity contribution in [3.8, 4) is 0 Å². The molecule has 0 unspecified atom stereocenters. The van der Waals surface area contributed by atoms with Gasteiger partial charge in [-0.25, -0.2) is 0 Å². The smallest absolute Gasteiger partial charge is 0.253 e. The molecule has 1 fully saturated rings. The number of rotatable bonds is 7. The highest BCUT2D eigenvalue weighted by molar-refractivity contribution is 5.97. The molecule has 3 amide bonds. The summed E-state index contributed by atoms with van der Waals surface area (Å²) in [7, 11) is 0. The second kappa shape index (κ2) is 11.3. The van der Waals surface area contributed by atoms with Crippen LogP contribution in [0.15, 0.2) is 48.5 Å². The number of carbonyl (C=O) groups excluding carboxylic acids is 3. The number of hydrogen-bond donors (Lipinski definition) is 3. The quantitative estimate of drug-likeness (QED) is 0.614. The maximum atomic E-state index is 12.7. The molecule has 3 N–H and O–H groups in total. The van der Waals surface area contributed by atoms with Gasteiger partial charge >= 0.3 is 0 Å². The summed E-state index contributed by atoms with van der Waals surface area (Å²) in [5.74, 6) is -0.315. The molecule has 1 heterocycles. The largest absolute Gasteiger partial charge is 0.376 e. The number of anilines is 2. The average Bonchev–Trinajstić information content (AvgIpc) is 3.07. The Morgan fingerprint density at radius 3 is 2.22 bits per heavy atom. The van der Waals surface area contributed by atoms with E-state index in [1.54, 1.807) is 42.5 Å². The van der Waals surface area contributed by atoms with Gasteiger partial charge in [0.15, 0.2) is 0 Å². The number of benzene rings is 2. The minimum absolute atomic E-state index is 0.0489. The van der Waals surface area contributed by atoms with Gasteiger partial charge in [0, 0.05) is 41.6 Å². The number of hydrogen-bond acceptors (Lipinski definition) is 4. The van der Waals surface area contributed by atoms with E-state index in [2.05, 4.69) is 16.0 Å². The van der Waals surface area contributed by atoms with Crippen LogP contribution in [0.5, 0.6) is 0 Å². The fourth-order valence-electron chi connectivity index (χ4n) is 3.66. The summed E-state index contributed by atoms with van der Waals surface area (Å²) in [6.07, 6.45) is 4.47. The van der Waals surface area contributed by atoms with Gasteiger partial charge in [0.05, 0.1) is 6.54 Å². The monoisotopic (exact) mass is 436 g/mol. The van der Waals surface area contributed by atoms with Crippen molar-refractivity contribution in [1.29, 1.82) is 0 Å². The van der Waals surface area contributed by atoms with Crippen LogP contribution in [0, 0.1) is 0 Å². The van der Waals surface area contributed by atoms with Crippen LogP contribution < -0.4 is 16.0 Å². The summed E-state index contributed by atoms with van der Waals surface area (Å²) in [6, 6.07) is 14.1. The van der Waals surface area contributed by atoms with Gasteiger partial charge in [-0.15, -0.1) is 0 Å². The lowest BCUT2D eigenvalue weighted by molar-refractivity contribution is -0.114. The zero-order valence-corrected chi connectivity index (χ0v) is 18.8. The van der Waals surface area contributed by atoms with E-state index in [-0.39, 0.29) is 30.3 Å². The molecule has 1 aliphatic rings. The minimum Gasteiger partial charge on any atom is -0.376 e. The first kappa shape index (κ1) is 23.3. The van der Waals surface area contributed by atoms with Crippen LogP contribution in [-0.4, -0.2) is 48.3 Å². The van der Waals surface area contributed by atoms with E-state index in [0.29, 0.717) is 22.5 Å². The predicted molar refractivity (Wildman–Crippen MR) is 127 cm³/mol. The normalized spacial score (nSPS) is 13.9. The van der Waals surface area contributed by atoms with E-state index in [9.17, 15) is 14.4 Å². The Hall–Kier alpha value is -3.35. The van der Waals surface area contributed by atoms with Crippen molar-refractivity contribution in [1.82, 2.24) is 10.2 Å². The fraction of sp³-hybridized carbons (Fsp3) is 0.400. The minimum atomic E-state index is -0.214. The molecule has 3 rings (SSSR count). The molecule has 32 heavy (non-hydrogen) atoms. The van der Waals surface area contributed by atoms with Gasteiger partial charge < -0.3 is 20.9 Å². The summed E-state index contributed by atoms with van der Waals surface area (Å²) in [6.45, 7) is 5.49. The topological polar surface area (TPSA) is 90.5 Å². The Morgan fingerprint density at radius 2 is 1.56 bits per heavy atom. The molecule has 7 heteroatoms. The van der Waals surface area contributed by atoms with Gasteiger partial charge in [-0.2, -0.15) is 0 Å². The zero-order chi connectivity index (χ0) is 22.9. The van der Waals surface area contributed by atoms with E-state index in [1.165, 1.54) is 12.8 Å².